The van der Waals surface area contributed by atoms with Crippen LogP contribution in [-0.4, -0.2) is 31.8 Å². The number of nitrogens with zero attached hydrogens (tertiary/aromatic N) is 3. The number of nitrogens with one attached hydrogen (secondary N) is 3. The zero-order valence-corrected chi connectivity index (χ0v) is 16.9. The van der Waals surface area contributed by atoms with Gasteiger partial charge in [-0.25, -0.2) is 9.97 Å². The number of thiazole rings is 1. The molecule has 0 saturated carbocycles. The molecule has 5 rings (SSSR count). The number of hydrogen-bond acceptors (Lipinski definition) is 6. The highest BCUT2D eigenvalue weighted by Gasteiger charge is 2.16. The number of carbonyl (C=O) groups is 2. The molecule has 0 aliphatic rings. The maximum atomic E-state index is 12.7. The van der Waals surface area contributed by atoms with Gasteiger partial charge in [-0.3, -0.25) is 19.9 Å². The number of anilines is 1. The van der Waals surface area contributed by atoms with E-state index in [-0.39, 0.29) is 23.5 Å². The Morgan fingerprint density at radius 3 is 2.71 bits per heavy atom. The van der Waals surface area contributed by atoms with Crippen LogP contribution in [0.2, 0.25) is 0 Å². The quantitative estimate of drug-likeness (QED) is 0.395. The molecule has 152 valence electrons. The van der Waals surface area contributed by atoms with Crippen molar-refractivity contribution in [2.75, 3.05) is 5.32 Å². The highest BCUT2D eigenvalue weighted by molar-refractivity contribution is 7.09. The van der Waals surface area contributed by atoms with Crippen molar-refractivity contribution in [1.29, 1.82) is 0 Å². The SMILES string of the molecule is O=C(Nc1nc2c(C(=O)NCc3nccs3)cccc2[nH]1)c1cc2ccccc2cn1. The van der Waals surface area contributed by atoms with Crippen molar-refractivity contribution in [3.05, 3.63) is 82.6 Å². The van der Waals surface area contributed by atoms with Crippen LogP contribution in [-0.2, 0) is 6.54 Å². The summed E-state index contributed by atoms with van der Waals surface area (Å²) in [7, 11) is 0. The fourth-order valence-corrected chi connectivity index (χ4v) is 3.80. The summed E-state index contributed by atoms with van der Waals surface area (Å²) in [5.74, 6) is -0.406. The Morgan fingerprint density at radius 1 is 1.00 bits per heavy atom. The number of imidazole rings is 1. The number of H-pyrrole nitrogens is 1. The van der Waals surface area contributed by atoms with E-state index in [1.54, 1.807) is 36.7 Å². The van der Waals surface area contributed by atoms with Crippen molar-refractivity contribution in [1.82, 2.24) is 25.3 Å². The molecule has 0 fully saturated rings. The molecular formula is C22H16N6O2S. The van der Waals surface area contributed by atoms with Gasteiger partial charge < -0.3 is 10.3 Å². The van der Waals surface area contributed by atoms with Crippen LogP contribution < -0.4 is 10.6 Å². The van der Waals surface area contributed by atoms with Crippen molar-refractivity contribution in [3.63, 3.8) is 0 Å². The van der Waals surface area contributed by atoms with E-state index in [4.69, 9.17) is 0 Å². The van der Waals surface area contributed by atoms with Crippen molar-refractivity contribution >= 4 is 50.9 Å². The summed E-state index contributed by atoms with van der Waals surface area (Å²) in [4.78, 5) is 41.2. The van der Waals surface area contributed by atoms with Gasteiger partial charge >= 0.3 is 0 Å². The van der Waals surface area contributed by atoms with Crippen molar-refractivity contribution in [2.24, 2.45) is 0 Å². The van der Waals surface area contributed by atoms with E-state index in [0.717, 1.165) is 15.8 Å². The second kappa shape index (κ2) is 7.96. The maximum Gasteiger partial charge on any atom is 0.276 e. The molecule has 3 heterocycles. The topological polar surface area (TPSA) is 113 Å². The number of pyridine rings is 1. The van der Waals surface area contributed by atoms with Gasteiger partial charge in [-0.2, -0.15) is 0 Å². The van der Waals surface area contributed by atoms with Crippen LogP contribution in [0.4, 0.5) is 5.95 Å². The molecule has 0 atom stereocenters. The molecule has 0 saturated heterocycles. The lowest BCUT2D eigenvalue weighted by molar-refractivity contribution is 0.0951. The van der Waals surface area contributed by atoms with E-state index in [9.17, 15) is 9.59 Å². The number of aromatic nitrogens is 4. The fourth-order valence-electron chi connectivity index (χ4n) is 3.25. The number of aromatic amines is 1. The summed E-state index contributed by atoms with van der Waals surface area (Å²) in [6.07, 6.45) is 3.35. The van der Waals surface area contributed by atoms with Gasteiger partial charge in [0, 0.05) is 23.2 Å². The number of amides is 2. The number of carbonyl (C=O) groups excluding carboxylic acids is 2. The number of benzene rings is 2. The molecule has 0 aliphatic carbocycles. The average Bonchev–Trinajstić information content (AvgIpc) is 3.46. The largest absolute Gasteiger partial charge is 0.345 e. The summed E-state index contributed by atoms with van der Waals surface area (Å²) in [5, 5.41) is 10.1. The van der Waals surface area contributed by atoms with Crippen LogP contribution in [0.5, 0.6) is 0 Å². The normalized spacial score (nSPS) is 11.0. The first-order valence-electron chi connectivity index (χ1n) is 9.49. The minimum atomic E-state index is -0.389. The Hall–Kier alpha value is -4.11. The van der Waals surface area contributed by atoms with Crippen LogP contribution >= 0.6 is 11.3 Å². The molecule has 0 unspecified atom stereocenters. The minimum absolute atomic E-state index is 0.245. The third-order valence-corrected chi connectivity index (χ3v) is 5.52. The lowest BCUT2D eigenvalue weighted by Crippen LogP contribution is -2.23. The van der Waals surface area contributed by atoms with E-state index < -0.39 is 0 Å². The summed E-state index contributed by atoms with van der Waals surface area (Å²) in [6.45, 7) is 0.342. The van der Waals surface area contributed by atoms with E-state index in [2.05, 4.69) is 30.6 Å². The Morgan fingerprint density at radius 2 is 1.87 bits per heavy atom. The molecule has 0 aliphatic heterocycles. The van der Waals surface area contributed by atoms with Crippen molar-refractivity contribution in [3.8, 4) is 0 Å². The first-order chi connectivity index (χ1) is 15.2. The molecule has 0 spiro atoms. The summed E-state index contributed by atoms with van der Waals surface area (Å²) in [6, 6.07) is 14.7. The van der Waals surface area contributed by atoms with E-state index in [1.807, 2.05) is 29.6 Å². The second-order valence-electron chi connectivity index (χ2n) is 6.77. The van der Waals surface area contributed by atoms with Crippen molar-refractivity contribution in [2.45, 2.75) is 6.54 Å². The third-order valence-electron chi connectivity index (χ3n) is 4.74. The monoisotopic (exact) mass is 428 g/mol. The molecule has 2 amide bonds. The van der Waals surface area contributed by atoms with Gasteiger partial charge in [0.25, 0.3) is 11.8 Å². The van der Waals surface area contributed by atoms with Crippen LogP contribution in [0.25, 0.3) is 21.8 Å². The fraction of sp³-hybridized carbons (Fsp3) is 0.0455. The molecule has 0 bridgehead atoms. The van der Waals surface area contributed by atoms with E-state index >= 15 is 0 Å². The number of hydrogen-bond donors (Lipinski definition) is 3. The number of rotatable bonds is 5. The Kier molecular flexibility index (Phi) is 4.85. The minimum Gasteiger partial charge on any atom is -0.345 e. The second-order valence-corrected chi connectivity index (χ2v) is 7.75. The standard InChI is InChI=1S/C22H16N6O2S/c29-20(25-12-18-23-8-9-31-18)15-6-3-7-16-19(15)27-22(26-16)28-21(30)17-10-13-4-1-2-5-14(13)11-24-17/h1-11H,12H2,(H,25,29)(H2,26,27,28,30). The van der Waals surface area contributed by atoms with Gasteiger partial charge in [0.2, 0.25) is 5.95 Å². The molecule has 5 aromatic rings. The van der Waals surface area contributed by atoms with Gasteiger partial charge in [0.1, 0.15) is 16.2 Å². The Bertz CT molecular complexity index is 1410. The van der Waals surface area contributed by atoms with Crippen LogP contribution in [0.1, 0.15) is 25.9 Å². The van der Waals surface area contributed by atoms with Gasteiger partial charge in [0.15, 0.2) is 0 Å². The van der Waals surface area contributed by atoms with E-state index in [1.165, 1.54) is 11.3 Å². The lowest BCUT2D eigenvalue weighted by Gasteiger charge is -2.04. The number of para-hydroxylation sites is 1. The van der Waals surface area contributed by atoms with E-state index in [0.29, 0.717) is 23.1 Å². The number of fused-ring (bicyclic) bond motifs is 2. The summed E-state index contributed by atoms with van der Waals surface area (Å²) >= 11 is 1.47. The zero-order valence-electron chi connectivity index (χ0n) is 16.1. The molecule has 9 heteroatoms. The molecule has 2 aromatic carbocycles. The first kappa shape index (κ1) is 18.9. The maximum absolute atomic E-state index is 12.7. The average molecular weight is 428 g/mol. The van der Waals surface area contributed by atoms with Gasteiger partial charge in [-0.1, -0.05) is 30.3 Å². The first-order valence-corrected chi connectivity index (χ1v) is 10.4. The van der Waals surface area contributed by atoms with Gasteiger partial charge in [0.05, 0.1) is 17.6 Å². The summed E-state index contributed by atoms with van der Waals surface area (Å²) in [5.41, 5.74) is 1.81. The molecule has 3 N–H and O–H groups in total. The third kappa shape index (κ3) is 3.86. The predicted octanol–water partition coefficient (Wildman–Crippen LogP) is 3.75. The molecule has 3 aromatic heterocycles. The van der Waals surface area contributed by atoms with Crippen LogP contribution in [0.15, 0.2) is 66.3 Å². The highest BCUT2D eigenvalue weighted by atomic mass is 32.1. The van der Waals surface area contributed by atoms with Gasteiger partial charge in [-0.15, -0.1) is 11.3 Å². The highest BCUT2D eigenvalue weighted by Crippen LogP contribution is 2.20. The lowest BCUT2D eigenvalue weighted by atomic mass is 10.1. The van der Waals surface area contributed by atoms with Crippen LogP contribution in [0.3, 0.4) is 0 Å². The Balaban J connectivity index is 1.37. The van der Waals surface area contributed by atoms with Crippen molar-refractivity contribution < 1.29 is 9.59 Å². The summed E-state index contributed by atoms with van der Waals surface area (Å²) < 4.78 is 0. The predicted molar refractivity (Wildman–Crippen MR) is 119 cm³/mol. The molecular weight excluding hydrogens is 412 g/mol. The Labute approximate surface area is 180 Å². The molecule has 8 nitrogen and oxygen atoms in total. The molecule has 31 heavy (non-hydrogen) atoms. The smallest absolute Gasteiger partial charge is 0.276 e. The zero-order chi connectivity index (χ0) is 21.2. The van der Waals surface area contributed by atoms with Gasteiger partial charge in [-0.05, 0) is 23.6 Å². The molecule has 0 radical (unpaired) electrons. The van der Waals surface area contributed by atoms with Crippen LogP contribution in [0, 0.1) is 0 Å².